The molecular formula is C15H21BrO3. The summed E-state index contributed by atoms with van der Waals surface area (Å²) < 4.78 is 6.75. The molecule has 0 bridgehead atoms. The Bertz CT molecular complexity index is 499. The second-order valence-corrected chi connectivity index (χ2v) is 7.18. The minimum absolute atomic E-state index is 0.127. The first kappa shape index (κ1) is 16.0. The van der Waals surface area contributed by atoms with Crippen LogP contribution in [0.1, 0.15) is 45.7 Å². The molecule has 4 heteroatoms. The van der Waals surface area contributed by atoms with Crippen LogP contribution in [-0.2, 0) is 10.2 Å². The van der Waals surface area contributed by atoms with Gasteiger partial charge in [-0.05, 0) is 43.9 Å². The zero-order valence-electron chi connectivity index (χ0n) is 12.3. The molecule has 0 heterocycles. The summed E-state index contributed by atoms with van der Waals surface area (Å²) in [6, 6.07) is 3.92. The molecule has 0 unspecified atom stereocenters. The Morgan fingerprint density at radius 2 is 1.74 bits per heavy atom. The maximum absolute atomic E-state index is 11.2. The standard InChI is InChI=1S/C15H21BrO3/c1-9-7-10(16)8-11(14(2,3)4)12(9)19-15(5,6)13(17)18/h7-8H,1-6H3,(H,17,18). The Labute approximate surface area is 123 Å². The number of benzene rings is 1. The lowest BCUT2D eigenvalue weighted by Gasteiger charge is -2.29. The summed E-state index contributed by atoms with van der Waals surface area (Å²) in [6.45, 7) is 11.3. The van der Waals surface area contributed by atoms with Gasteiger partial charge in [0.1, 0.15) is 5.75 Å². The first-order chi connectivity index (χ1) is 8.45. The molecule has 0 radical (unpaired) electrons. The smallest absolute Gasteiger partial charge is 0.347 e. The highest BCUT2D eigenvalue weighted by Crippen LogP contribution is 2.38. The quantitative estimate of drug-likeness (QED) is 0.899. The fourth-order valence-electron chi connectivity index (χ4n) is 1.72. The van der Waals surface area contributed by atoms with Gasteiger partial charge in [-0.25, -0.2) is 4.79 Å². The fraction of sp³-hybridized carbons (Fsp3) is 0.533. The molecule has 0 aliphatic rings. The number of carboxylic acid groups (broad SMARTS) is 1. The molecule has 0 aromatic heterocycles. The molecule has 0 atom stereocenters. The van der Waals surface area contributed by atoms with Gasteiger partial charge in [0.25, 0.3) is 0 Å². The van der Waals surface area contributed by atoms with E-state index in [2.05, 4.69) is 36.7 Å². The Morgan fingerprint density at radius 3 is 2.16 bits per heavy atom. The Balaban J connectivity index is 3.39. The predicted octanol–water partition coefficient (Wildman–Crippen LogP) is 4.30. The minimum Gasteiger partial charge on any atom is -0.478 e. The second-order valence-electron chi connectivity index (χ2n) is 6.27. The molecule has 0 fully saturated rings. The van der Waals surface area contributed by atoms with Gasteiger partial charge in [0.05, 0.1) is 0 Å². The van der Waals surface area contributed by atoms with Gasteiger partial charge in [-0.3, -0.25) is 0 Å². The third-order valence-corrected chi connectivity index (χ3v) is 3.38. The van der Waals surface area contributed by atoms with Crippen LogP contribution < -0.4 is 4.74 Å². The summed E-state index contributed by atoms with van der Waals surface area (Å²) in [4.78, 5) is 11.2. The fourth-order valence-corrected chi connectivity index (χ4v) is 2.29. The van der Waals surface area contributed by atoms with E-state index in [1.807, 2.05) is 19.1 Å². The van der Waals surface area contributed by atoms with Crippen molar-refractivity contribution in [3.05, 3.63) is 27.7 Å². The molecule has 0 aliphatic heterocycles. The minimum atomic E-state index is -1.25. The predicted molar refractivity (Wildman–Crippen MR) is 79.9 cm³/mol. The number of aliphatic carboxylic acids is 1. The third-order valence-electron chi connectivity index (χ3n) is 2.92. The molecule has 1 rings (SSSR count). The average molecular weight is 329 g/mol. The molecule has 0 spiro atoms. The van der Waals surface area contributed by atoms with Crippen LogP contribution >= 0.6 is 15.9 Å². The zero-order valence-corrected chi connectivity index (χ0v) is 13.9. The van der Waals surface area contributed by atoms with Gasteiger partial charge < -0.3 is 9.84 Å². The van der Waals surface area contributed by atoms with Crippen LogP contribution in [0, 0.1) is 6.92 Å². The van der Waals surface area contributed by atoms with Crippen LogP contribution in [0.15, 0.2) is 16.6 Å². The van der Waals surface area contributed by atoms with E-state index < -0.39 is 11.6 Å². The highest BCUT2D eigenvalue weighted by atomic mass is 79.9. The second kappa shape index (κ2) is 5.16. The van der Waals surface area contributed by atoms with Crippen LogP contribution in [0.2, 0.25) is 0 Å². The summed E-state index contributed by atoms with van der Waals surface area (Å²) in [7, 11) is 0. The van der Waals surface area contributed by atoms with Crippen molar-refractivity contribution < 1.29 is 14.6 Å². The van der Waals surface area contributed by atoms with Crippen LogP contribution in [0.3, 0.4) is 0 Å². The summed E-state index contributed by atoms with van der Waals surface area (Å²) in [6.07, 6.45) is 0. The maximum atomic E-state index is 11.2. The molecular weight excluding hydrogens is 308 g/mol. The van der Waals surface area contributed by atoms with Gasteiger partial charge in [-0.1, -0.05) is 36.7 Å². The third kappa shape index (κ3) is 3.72. The topological polar surface area (TPSA) is 46.5 Å². The number of hydrogen-bond acceptors (Lipinski definition) is 2. The number of aryl methyl sites for hydroxylation is 1. The van der Waals surface area contributed by atoms with Crippen molar-refractivity contribution in [1.29, 1.82) is 0 Å². The number of carboxylic acids is 1. The van der Waals surface area contributed by atoms with Crippen molar-refractivity contribution in [3.8, 4) is 5.75 Å². The number of rotatable bonds is 3. The van der Waals surface area contributed by atoms with E-state index in [0.29, 0.717) is 5.75 Å². The first-order valence-electron chi connectivity index (χ1n) is 6.18. The van der Waals surface area contributed by atoms with E-state index >= 15 is 0 Å². The largest absolute Gasteiger partial charge is 0.478 e. The number of ether oxygens (including phenoxy) is 1. The van der Waals surface area contributed by atoms with E-state index in [0.717, 1.165) is 15.6 Å². The van der Waals surface area contributed by atoms with Gasteiger partial charge in [0.2, 0.25) is 0 Å². The molecule has 0 saturated heterocycles. The number of hydrogen-bond donors (Lipinski definition) is 1. The van der Waals surface area contributed by atoms with Crippen LogP contribution in [0.4, 0.5) is 0 Å². The van der Waals surface area contributed by atoms with Crippen LogP contribution in [-0.4, -0.2) is 16.7 Å². The van der Waals surface area contributed by atoms with Gasteiger partial charge in [-0.15, -0.1) is 0 Å². The normalized spacial score (nSPS) is 12.4. The average Bonchev–Trinajstić information content (AvgIpc) is 2.19. The molecule has 3 nitrogen and oxygen atoms in total. The number of halogens is 1. The lowest BCUT2D eigenvalue weighted by molar-refractivity contribution is -0.152. The molecule has 0 amide bonds. The van der Waals surface area contributed by atoms with Gasteiger partial charge in [0, 0.05) is 10.0 Å². The van der Waals surface area contributed by atoms with Crippen molar-refractivity contribution in [2.45, 2.75) is 52.6 Å². The van der Waals surface area contributed by atoms with Crippen molar-refractivity contribution >= 4 is 21.9 Å². The molecule has 106 valence electrons. The summed E-state index contributed by atoms with van der Waals surface area (Å²) in [5, 5.41) is 9.21. The SMILES string of the molecule is Cc1cc(Br)cc(C(C)(C)C)c1OC(C)(C)C(=O)O. The monoisotopic (exact) mass is 328 g/mol. The van der Waals surface area contributed by atoms with Crippen molar-refractivity contribution in [2.75, 3.05) is 0 Å². The molecule has 0 saturated carbocycles. The van der Waals surface area contributed by atoms with E-state index in [4.69, 9.17) is 4.74 Å². The van der Waals surface area contributed by atoms with E-state index in [1.165, 1.54) is 0 Å². The van der Waals surface area contributed by atoms with Crippen molar-refractivity contribution in [3.63, 3.8) is 0 Å². The Hall–Kier alpha value is -1.03. The molecule has 0 aliphatic carbocycles. The summed E-state index contributed by atoms with van der Waals surface area (Å²) in [5.41, 5.74) is 0.541. The molecule has 1 N–H and O–H groups in total. The lowest BCUT2D eigenvalue weighted by Crippen LogP contribution is -2.38. The lowest BCUT2D eigenvalue weighted by atomic mass is 9.85. The Kier molecular flexibility index (Phi) is 4.35. The highest BCUT2D eigenvalue weighted by Gasteiger charge is 2.32. The van der Waals surface area contributed by atoms with Crippen molar-refractivity contribution in [1.82, 2.24) is 0 Å². The maximum Gasteiger partial charge on any atom is 0.347 e. The summed E-state index contributed by atoms with van der Waals surface area (Å²) >= 11 is 3.48. The van der Waals surface area contributed by atoms with E-state index in [9.17, 15) is 9.90 Å². The number of carbonyl (C=O) groups is 1. The highest BCUT2D eigenvalue weighted by molar-refractivity contribution is 9.10. The molecule has 19 heavy (non-hydrogen) atoms. The summed E-state index contributed by atoms with van der Waals surface area (Å²) in [5.74, 6) is -0.322. The zero-order chi connectivity index (χ0) is 15.0. The first-order valence-corrected chi connectivity index (χ1v) is 6.97. The Morgan fingerprint density at radius 1 is 1.21 bits per heavy atom. The van der Waals surface area contributed by atoms with Crippen LogP contribution in [0.5, 0.6) is 5.75 Å². The molecule has 1 aromatic carbocycles. The van der Waals surface area contributed by atoms with Crippen LogP contribution in [0.25, 0.3) is 0 Å². The van der Waals surface area contributed by atoms with E-state index in [1.54, 1.807) is 13.8 Å². The molecule has 1 aromatic rings. The van der Waals surface area contributed by atoms with Gasteiger partial charge in [-0.2, -0.15) is 0 Å². The van der Waals surface area contributed by atoms with Gasteiger partial charge in [0.15, 0.2) is 5.60 Å². The van der Waals surface area contributed by atoms with Crippen molar-refractivity contribution in [2.24, 2.45) is 0 Å². The van der Waals surface area contributed by atoms with Gasteiger partial charge >= 0.3 is 5.97 Å². The van der Waals surface area contributed by atoms with E-state index in [-0.39, 0.29) is 5.41 Å².